The number of aromatic nitrogens is 2. The maximum atomic E-state index is 13.1. The standard InChI is InChI=1S/C18H15ClN2O3S/c1-13(22)6-5-7-14-12-16-17(19)10-11-20-18(16)21(14)25(23,24)15-8-3-2-4-9-15/h2-4,8-13,22H,6H2,1H3. The fourth-order valence-electron chi connectivity index (χ4n) is 2.36. The zero-order valence-corrected chi connectivity index (χ0v) is 14.9. The number of hydrogen-bond donors (Lipinski definition) is 1. The Balaban J connectivity index is 2.28. The van der Waals surface area contributed by atoms with E-state index in [1.165, 1.54) is 18.3 Å². The van der Waals surface area contributed by atoms with Crippen LogP contribution in [0.1, 0.15) is 19.0 Å². The Hall–Kier alpha value is -2.33. The largest absolute Gasteiger partial charge is 0.392 e. The maximum Gasteiger partial charge on any atom is 0.270 e. The van der Waals surface area contributed by atoms with Gasteiger partial charge in [-0.25, -0.2) is 17.4 Å². The molecule has 3 aromatic rings. The van der Waals surface area contributed by atoms with E-state index >= 15 is 0 Å². The topological polar surface area (TPSA) is 72.2 Å². The number of benzene rings is 1. The molecule has 0 bridgehead atoms. The summed E-state index contributed by atoms with van der Waals surface area (Å²) in [5, 5.41) is 10.3. The summed E-state index contributed by atoms with van der Waals surface area (Å²) in [6.45, 7) is 1.61. The van der Waals surface area contributed by atoms with Crippen molar-refractivity contribution in [2.24, 2.45) is 0 Å². The highest BCUT2D eigenvalue weighted by molar-refractivity contribution is 7.90. The zero-order valence-electron chi connectivity index (χ0n) is 13.3. The average molecular weight is 375 g/mol. The normalized spacial score (nSPS) is 12.6. The zero-order chi connectivity index (χ0) is 18.0. The summed E-state index contributed by atoms with van der Waals surface area (Å²) < 4.78 is 27.3. The third-order valence-corrected chi connectivity index (χ3v) is 5.55. The van der Waals surface area contributed by atoms with Gasteiger partial charge in [-0.2, -0.15) is 0 Å². The molecule has 7 heteroatoms. The van der Waals surface area contributed by atoms with Gasteiger partial charge in [0.15, 0.2) is 5.65 Å². The SMILES string of the molecule is CC(O)CC#Cc1cc2c(Cl)ccnc2n1S(=O)(=O)c1ccccc1. The molecule has 2 aromatic heterocycles. The first kappa shape index (κ1) is 17.5. The Bertz CT molecular complexity index is 1080. The average Bonchev–Trinajstić information content (AvgIpc) is 2.96. The van der Waals surface area contributed by atoms with Gasteiger partial charge in [0, 0.05) is 18.0 Å². The van der Waals surface area contributed by atoms with Gasteiger partial charge in [0.2, 0.25) is 0 Å². The first-order valence-electron chi connectivity index (χ1n) is 7.55. The molecule has 0 saturated heterocycles. The second-order valence-electron chi connectivity index (χ2n) is 5.50. The van der Waals surface area contributed by atoms with E-state index in [1.54, 1.807) is 37.3 Å². The van der Waals surface area contributed by atoms with Crippen LogP contribution in [-0.2, 0) is 10.0 Å². The first-order chi connectivity index (χ1) is 11.9. The number of aliphatic hydroxyl groups is 1. The molecule has 0 radical (unpaired) electrons. The monoisotopic (exact) mass is 374 g/mol. The summed E-state index contributed by atoms with van der Waals surface area (Å²) in [4.78, 5) is 4.31. The van der Waals surface area contributed by atoms with Crippen LogP contribution in [0, 0.1) is 11.8 Å². The van der Waals surface area contributed by atoms with E-state index in [0.717, 1.165) is 3.97 Å². The minimum atomic E-state index is -3.89. The van der Waals surface area contributed by atoms with Crippen LogP contribution in [0.2, 0.25) is 5.02 Å². The van der Waals surface area contributed by atoms with Crippen LogP contribution in [0.3, 0.4) is 0 Å². The highest BCUT2D eigenvalue weighted by atomic mass is 35.5. The van der Waals surface area contributed by atoms with Gasteiger partial charge in [0.05, 0.1) is 16.0 Å². The van der Waals surface area contributed by atoms with Crippen molar-refractivity contribution in [3.8, 4) is 11.8 Å². The Labute approximate surface area is 150 Å². The number of fused-ring (bicyclic) bond motifs is 1. The van der Waals surface area contributed by atoms with E-state index in [2.05, 4.69) is 16.8 Å². The molecular formula is C18H15ClN2O3S. The lowest BCUT2D eigenvalue weighted by Crippen LogP contribution is -2.15. The third kappa shape index (κ3) is 3.40. The Morgan fingerprint density at radius 2 is 2.00 bits per heavy atom. The summed E-state index contributed by atoms with van der Waals surface area (Å²) in [6, 6.07) is 11.3. The van der Waals surface area contributed by atoms with E-state index in [4.69, 9.17) is 11.6 Å². The van der Waals surface area contributed by atoms with Crippen molar-refractivity contribution < 1.29 is 13.5 Å². The van der Waals surface area contributed by atoms with E-state index in [9.17, 15) is 13.5 Å². The van der Waals surface area contributed by atoms with E-state index < -0.39 is 16.1 Å². The molecule has 0 saturated carbocycles. The van der Waals surface area contributed by atoms with Crippen LogP contribution in [0.4, 0.5) is 0 Å². The predicted octanol–water partition coefficient (Wildman–Crippen LogP) is 3.05. The van der Waals surface area contributed by atoms with Crippen molar-refractivity contribution in [3.05, 3.63) is 59.4 Å². The molecule has 0 aliphatic rings. The Morgan fingerprint density at radius 1 is 1.28 bits per heavy atom. The van der Waals surface area contributed by atoms with E-state index in [-0.39, 0.29) is 22.7 Å². The molecule has 0 aliphatic carbocycles. The number of nitrogens with zero attached hydrogens (tertiary/aromatic N) is 2. The summed E-state index contributed by atoms with van der Waals surface area (Å²) in [7, 11) is -3.89. The van der Waals surface area contributed by atoms with E-state index in [0.29, 0.717) is 10.4 Å². The van der Waals surface area contributed by atoms with Crippen LogP contribution < -0.4 is 0 Å². The molecule has 3 rings (SSSR count). The molecule has 5 nitrogen and oxygen atoms in total. The fourth-order valence-corrected chi connectivity index (χ4v) is 4.00. The van der Waals surface area contributed by atoms with Gasteiger partial charge in [0.1, 0.15) is 5.69 Å². The van der Waals surface area contributed by atoms with Crippen molar-refractivity contribution >= 4 is 32.7 Å². The summed E-state index contributed by atoms with van der Waals surface area (Å²) in [6.07, 6.45) is 1.08. The lowest BCUT2D eigenvalue weighted by molar-refractivity contribution is 0.201. The third-order valence-electron chi connectivity index (χ3n) is 3.50. The molecule has 0 amide bonds. The molecule has 2 heterocycles. The smallest absolute Gasteiger partial charge is 0.270 e. The molecule has 1 atom stereocenters. The quantitative estimate of drug-likeness (QED) is 0.715. The number of pyridine rings is 1. The summed E-state index contributed by atoms with van der Waals surface area (Å²) in [5.74, 6) is 5.60. The molecule has 1 N–H and O–H groups in total. The lowest BCUT2D eigenvalue weighted by atomic mass is 10.3. The fraction of sp³-hybridized carbons (Fsp3) is 0.167. The molecule has 128 valence electrons. The first-order valence-corrected chi connectivity index (χ1v) is 9.36. The highest BCUT2D eigenvalue weighted by Crippen LogP contribution is 2.28. The van der Waals surface area contributed by atoms with Crippen molar-refractivity contribution in [3.63, 3.8) is 0 Å². The van der Waals surface area contributed by atoms with Crippen LogP contribution >= 0.6 is 11.6 Å². The summed E-state index contributed by atoms with van der Waals surface area (Å²) >= 11 is 6.19. The van der Waals surface area contributed by atoms with Crippen LogP contribution in [-0.4, -0.2) is 28.6 Å². The number of rotatable bonds is 3. The van der Waals surface area contributed by atoms with Gasteiger partial charge < -0.3 is 5.11 Å². The van der Waals surface area contributed by atoms with Gasteiger partial charge in [-0.05, 0) is 37.1 Å². The van der Waals surface area contributed by atoms with Crippen LogP contribution in [0.5, 0.6) is 0 Å². The van der Waals surface area contributed by atoms with E-state index in [1.807, 2.05) is 0 Å². The van der Waals surface area contributed by atoms with Gasteiger partial charge in [-0.15, -0.1) is 0 Å². The maximum absolute atomic E-state index is 13.1. The highest BCUT2D eigenvalue weighted by Gasteiger charge is 2.24. The molecule has 25 heavy (non-hydrogen) atoms. The van der Waals surface area contributed by atoms with Crippen molar-refractivity contribution in [1.29, 1.82) is 0 Å². The van der Waals surface area contributed by atoms with Crippen LogP contribution in [0.15, 0.2) is 53.6 Å². The minimum Gasteiger partial charge on any atom is -0.392 e. The minimum absolute atomic E-state index is 0.132. The predicted molar refractivity (Wildman–Crippen MR) is 96.9 cm³/mol. The number of aliphatic hydroxyl groups excluding tert-OH is 1. The van der Waals surface area contributed by atoms with Crippen molar-refractivity contribution in [2.45, 2.75) is 24.3 Å². The lowest BCUT2D eigenvalue weighted by Gasteiger charge is -2.08. The molecule has 1 unspecified atom stereocenters. The van der Waals surface area contributed by atoms with Crippen molar-refractivity contribution in [2.75, 3.05) is 0 Å². The molecule has 0 fully saturated rings. The summed E-state index contributed by atoms with van der Waals surface area (Å²) in [5.41, 5.74) is 0.470. The Morgan fingerprint density at radius 3 is 2.68 bits per heavy atom. The van der Waals surface area contributed by atoms with Gasteiger partial charge in [-0.1, -0.05) is 35.7 Å². The van der Waals surface area contributed by atoms with Gasteiger partial charge in [-0.3, -0.25) is 0 Å². The van der Waals surface area contributed by atoms with Crippen molar-refractivity contribution in [1.82, 2.24) is 8.96 Å². The van der Waals surface area contributed by atoms with Crippen LogP contribution in [0.25, 0.3) is 11.0 Å². The second-order valence-corrected chi connectivity index (χ2v) is 7.69. The number of hydrogen-bond acceptors (Lipinski definition) is 4. The van der Waals surface area contributed by atoms with Gasteiger partial charge >= 0.3 is 0 Å². The molecule has 1 aromatic carbocycles. The molecule has 0 spiro atoms. The number of halogens is 1. The molecule has 0 aliphatic heterocycles. The Kier molecular flexibility index (Phi) is 4.82. The second kappa shape index (κ2) is 6.89. The van der Waals surface area contributed by atoms with Gasteiger partial charge in [0.25, 0.3) is 10.0 Å². The molecular weight excluding hydrogens is 360 g/mol.